The van der Waals surface area contributed by atoms with Gasteiger partial charge in [-0.05, 0) is 59.9 Å². The summed E-state index contributed by atoms with van der Waals surface area (Å²) in [6, 6.07) is 24.1. The standard InChI is InChI=1S/C27H29N3O2S/c1-18(19-10-6-5-7-11-19)28-25(32)22-12-8-9-13-23(22)29-26(33)30-24(31)20-14-16-21(17-15-20)27(2,3)4/h5-18H,1-4H3,(H,28,32)(H2,29,30,31,33). The Labute approximate surface area is 200 Å². The summed E-state index contributed by atoms with van der Waals surface area (Å²) in [5.41, 5.74) is 3.62. The molecule has 0 spiro atoms. The van der Waals surface area contributed by atoms with E-state index in [1.165, 1.54) is 0 Å². The third-order valence-corrected chi connectivity index (χ3v) is 5.51. The molecule has 0 aliphatic carbocycles. The molecule has 1 atom stereocenters. The van der Waals surface area contributed by atoms with E-state index in [0.717, 1.165) is 11.1 Å². The summed E-state index contributed by atoms with van der Waals surface area (Å²) in [4.78, 5) is 25.5. The van der Waals surface area contributed by atoms with E-state index in [2.05, 4.69) is 36.7 Å². The first-order valence-electron chi connectivity index (χ1n) is 10.8. The Balaban J connectivity index is 1.65. The third kappa shape index (κ3) is 6.49. The van der Waals surface area contributed by atoms with Crippen molar-refractivity contribution >= 4 is 34.8 Å². The second-order valence-corrected chi connectivity index (χ2v) is 9.30. The lowest BCUT2D eigenvalue weighted by molar-refractivity contribution is 0.0939. The van der Waals surface area contributed by atoms with Crippen LogP contribution in [0.3, 0.4) is 0 Å². The largest absolute Gasteiger partial charge is 0.345 e. The molecule has 3 N–H and O–H groups in total. The molecule has 5 nitrogen and oxygen atoms in total. The summed E-state index contributed by atoms with van der Waals surface area (Å²) < 4.78 is 0. The van der Waals surface area contributed by atoms with E-state index in [-0.39, 0.29) is 28.4 Å². The van der Waals surface area contributed by atoms with Crippen molar-refractivity contribution in [2.75, 3.05) is 5.32 Å². The highest BCUT2D eigenvalue weighted by molar-refractivity contribution is 7.80. The molecule has 0 heterocycles. The van der Waals surface area contributed by atoms with Crippen molar-refractivity contribution < 1.29 is 9.59 Å². The SMILES string of the molecule is CC(NC(=O)c1ccccc1NC(=S)NC(=O)c1ccc(C(C)(C)C)cc1)c1ccccc1. The lowest BCUT2D eigenvalue weighted by Crippen LogP contribution is -2.35. The molecule has 3 aromatic carbocycles. The van der Waals surface area contributed by atoms with Crippen LogP contribution in [0.15, 0.2) is 78.9 Å². The van der Waals surface area contributed by atoms with Crippen molar-refractivity contribution in [2.24, 2.45) is 0 Å². The summed E-state index contributed by atoms with van der Waals surface area (Å²) in [5.74, 6) is -0.547. The summed E-state index contributed by atoms with van der Waals surface area (Å²) in [5, 5.41) is 8.79. The van der Waals surface area contributed by atoms with Crippen LogP contribution in [0.25, 0.3) is 0 Å². The van der Waals surface area contributed by atoms with E-state index >= 15 is 0 Å². The fourth-order valence-corrected chi connectivity index (χ4v) is 3.54. The molecule has 0 radical (unpaired) electrons. The Hall–Kier alpha value is -3.51. The lowest BCUT2D eigenvalue weighted by atomic mass is 9.87. The maximum Gasteiger partial charge on any atom is 0.257 e. The number of rotatable bonds is 5. The highest BCUT2D eigenvalue weighted by atomic mass is 32.1. The number of hydrogen-bond donors (Lipinski definition) is 3. The molecule has 6 heteroatoms. The van der Waals surface area contributed by atoms with Gasteiger partial charge in [-0.2, -0.15) is 0 Å². The molecule has 3 rings (SSSR count). The van der Waals surface area contributed by atoms with Crippen molar-refractivity contribution in [2.45, 2.75) is 39.2 Å². The van der Waals surface area contributed by atoms with Crippen molar-refractivity contribution in [3.8, 4) is 0 Å². The zero-order chi connectivity index (χ0) is 24.0. The van der Waals surface area contributed by atoms with Gasteiger partial charge in [0.2, 0.25) is 0 Å². The van der Waals surface area contributed by atoms with Crippen LogP contribution in [0, 0.1) is 0 Å². The molecule has 3 aromatic rings. The van der Waals surface area contributed by atoms with Gasteiger partial charge in [0.15, 0.2) is 5.11 Å². The third-order valence-electron chi connectivity index (χ3n) is 5.31. The minimum atomic E-state index is -0.312. The summed E-state index contributed by atoms with van der Waals surface area (Å²) >= 11 is 5.33. The first-order valence-corrected chi connectivity index (χ1v) is 11.2. The lowest BCUT2D eigenvalue weighted by Gasteiger charge is -2.19. The Morgan fingerprint density at radius 2 is 1.42 bits per heavy atom. The highest BCUT2D eigenvalue weighted by Gasteiger charge is 2.17. The number of benzene rings is 3. The van der Waals surface area contributed by atoms with Gasteiger partial charge in [0.1, 0.15) is 0 Å². The fourth-order valence-electron chi connectivity index (χ4n) is 3.34. The zero-order valence-corrected chi connectivity index (χ0v) is 20.1. The number of para-hydroxylation sites is 1. The molecule has 0 saturated carbocycles. The number of anilines is 1. The highest BCUT2D eigenvalue weighted by Crippen LogP contribution is 2.22. The van der Waals surface area contributed by atoms with Crippen LogP contribution in [0.1, 0.15) is 65.6 Å². The van der Waals surface area contributed by atoms with E-state index in [0.29, 0.717) is 16.8 Å². The number of hydrogen-bond acceptors (Lipinski definition) is 3. The van der Waals surface area contributed by atoms with Crippen LogP contribution >= 0.6 is 12.2 Å². The number of nitrogens with one attached hydrogen (secondary N) is 3. The molecule has 33 heavy (non-hydrogen) atoms. The minimum Gasteiger partial charge on any atom is -0.345 e. The van der Waals surface area contributed by atoms with Crippen LogP contribution in [0.5, 0.6) is 0 Å². The molecule has 2 amide bonds. The van der Waals surface area contributed by atoms with Gasteiger partial charge >= 0.3 is 0 Å². The topological polar surface area (TPSA) is 70.2 Å². The normalized spacial score (nSPS) is 11.9. The van der Waals surface area contributed by atoms with E-state index in [9.17, 15) is 9.59 Å². The van der Waals surface area contributed by atoms with Gasteiger partial charge in [0.25, 0.3) is 11.8 Å². The smallest absolute Gasteiger partial charge is 0.257 e. The number of thiocarbonyl (C=S) groups is 1. The number of amides is 2. The van der Waals surface area contributed by atoms with Gasteiger partial charge in [-0.1, -0.05) is 75.4 Å². The monoisotopic (exact) mass is 459 g/mol. The Kier molecular flexibility index (Phi) is 7.61. The van der Waals surface area contributed by atoms with E-state index < -0.39 is 0 Å². The summed E-state index contributed by atoms with van der Waals surface area (Å²) in [7, 11) is 0. The molecular formula is C27H29N3O2S. The van der Waals surface area contributed by atoms with Gasteiger partial charge in [-0.25, -0.2) is 0 Å². The van der Waals surface area contributed by atoms with Gasteiger partial charge in [-0.15, -0.1) is 0 Å². The van der Waals surface area contributed by atoms with E-state index in [1.54, 1.807) is 36.4 Å². The van der Waals surface area contributed by atoms with Crippen molar-refractivity contribution in [3.63, 3.8) is 0 Å². The Bertz CT molecular complexity index is 1140. The predicted octanol–water partition coefficient (Wildman–Crippen LogP) is 5.60. The first-order chi connectivity index (χ1) is 15.6. The Morgan fingerprint density at radius 1 is 0.818 bits per heavy atom. The van der Waals surface area contributed by atoms with Crippen LogP contribution in [-0.4, -0.2) is 16.9 Å². The molecule has 0 aliphatic rings. The molecular weight excluding hydrogens is 430 g/mol. The fraction of sp³-hybridized carbons (Fsp3) is 0.222. The van der Waals surface area contributed by atoms with Gasteiger partial charge < -0.3 is 10.6 Å². The molecule has 0 saturated heterocycles. The average molecular weight is 460 g/mol. The van der Waals surface area contributed by atoms with E-state index in [1.807, 2.05) is 49.4 Å². The summed E-state index contributed by atoms with van der Waals surface area (Å²) in [6.45, 7) is 8.29. The van der Waals surface area contributed by atoms with Gasteiger partial charge in [0, 0.05) is 5.56 Å². The van der Waals surface area contributed by atoms with Gasteiger partial charge in [0.05, 0.1) is 17.3 Å². The van der Waals surface area contributed by atoms with Crippen LogP contribution < -0.4 is 16.0 Å². The maximum absolute atomic E-state index is 12.9. The number of carbonyl (C=O) groups is 2. The minimum absolute atomic E-state index is 0.00809. The predicted molar refractivity (Wildman–Crippen MR) is 138 cm³/mol. The number of carbonyl (C=O) groups excluding carboxylic acids is 2. The quantitative estimate of drug-likeness (QED) is 0.434. The van der Waals surface area contributed by atoms with Gasteiger partial charge in [-0.3, -0.25) is 14.9 Å². The van der Waals surface area contributed by atoms with Crippen molar-refractivity contribution in [1.29, 1.82) is 0 Å². The first kappa shape index (κ1) is 24.1. The van der Waals surface area contributed by atoms with Crippen LogP contribution in [0.2, 0.25) is 0 Å². The molecule has 0 aliphatic heterocycles. The second kappa shape index (κ2) is 10.4. The molecule has 0 aromatic heterocycles. The van der Waals surface area contributed by atoms with Crippen LogP contribution in [-0.2, 0) is 5.41 Å². The second-order valence-electron chi connectivity index (χ2n) is 8.89. The van der Waals surface area contributed by atoms with E-state index in [4.69, 9.17) is 12.2 Å². The van der Waals surface area contributed by atoms with Crippen LogP contribution in [0.4, 0.5) is 5.69 Å². The zero-order valence-electron chi connectivity index (χ0n) is 19.3. The molecule has 0 fully saturated rings. The molecule has 0 bridgehead atoms. The van der Waals surface area contributed by atoms with Crippen molar-refractivity contribution in [1.82, 2.24) is 10.6 Å². The average Bonchev–Trinajstić information content (AvgIpc) is 2.79. The van der Waals surface area contributed by atoms with Crippen molar-refractivity contribution in [3.05, 3.63) is 101 Å². The molecule has 170 valence electrons. The Morgan fingerprint density at radius 3 is 2.06 bits per heavy atom. The summed E-state index contributed by atoms with van der Waals surface area (Å²) in [6.07, 6.45) is 0. The maximum atomic E-state index is 12.9. The molecule has 1 unspecified atom stereocenters.